The topological polar surface area (TPSA) is 105 Å². The maximum Gasteiger partial charge on any atom is 0.271 e. The van der Waals surface area contributed by atoms with Crippen LogP contribution in [0.5, 0.6) is 0 Å². The summed E-state index contributed by atoms with van der Waals surface area (Å²) < 4.78 is 1.95. The average Bonchev–Trinajstić information content (AvgIpc) is 3.03. The second kappa shape index (κ2) is 7.63. The van der Waals surface area contributed by atoms with E-state index >= 15 is 0 Å². The molecule has 2 N–H and O–H groups in total. The van der Waals surface area contributed by atoms with Crippen molar-refractivity contribution < 1.29 is 9.72 Å². The van der Waals surface area contributed by atoms with Crippen LogP contribution >= 0.6 is 0 Å². The number of piperazine rings is 1. The van der Waals surface area contributed by atoms with Crippen molar-refractivity contribution in [1.82, 2.24) is 19.8 Å². The number of anilines is 1. The summed E-state index contributed by atoms with van der Waals surface area (Å²) in [6, 6.07) is 4.45. The standard InChI is InChI=1S/C17H22N6O3/c1-12-3-4-13(23(25)26)9-14(12)20-16(24)11-22-8-5-18-10-15(22)17-19-6-7-21(17)2/h3-4,6-7,9,15,18H,5,8,10-11H2,1-2H3,(H,20,24). The zero-order chi connectivity index (χ0) is 18.7. The molecule has 9 heteroatoms. The SMILES string of the molecule is Cc1ccc([N+](=O)[O-])cc1NC(=O)CN1CCNCC1c1nccn1C. The second-order valence-electron chi connectivity index (χ2n) is 6.39. The van der Waals surface area contributed by atoms with Crippen LogP contribution in [0.15, 0.2) is 30.6 Å². The number of aryl methyl sites for hydroxylation is 2. The molecule has 1 saturated heterocycles. The third-order valence-corrected chi connectivity index (χ3v) is 4.56. The number of nitrogens with zero attached hydrogens (tertiary/aromatic N) is 4. The molecule has 3 rings (SSSR count). The molecule has 2 aromatic rings. The summed E-state index contributed by atoms with van der Waals surface area (Å²) in [5.41, 5.74) is 1.21. The van der Waals surface area contributed by atoms with Gasteiger partial charge in [0.2, 0.25) is 5.91 Å². The number of carbonyl (C=O) groups excluding carboxylic acids is 1. The Hall–Kier alpha value is -2.78. The molecule has 0 spiro atoms. The van der Waals surface area contributed by atoms with E-state index in [2.05, 4.69) is 20.5 Å². The predicted octanol–water partition coefficient (Wildman–Crippen LogP) is 1.22. The van der Waals surface area contributed by atoms with Gasteiger partial charge in [-0.1, -0.05) is 6.07 Å². The van der Waals surface area contributed by atoms with Crippen LogP contribution in [-0.2, 0) is 11.8 Å². The Labute approximate surface area is 151 Å². The minimum atomic E-state index is -0.470. The lowest BCUT2D eigenvalue weighted by Crippen LogP contribution is -2.49. The number of benzene rings is 1. The molecule has 1 aromatic carbocycles. The van der Waals surface area contributed by atoms with Gasteiger partial charge in [0.1, 0.15) is 5.82 Å². The summed E-state index contributed by atoms with van der Waals surface area (Å²) in [6.45, 7) is 4.24. The van der Waals surface area contributed by atoms with Crippen molar-refractivity contribution in [3.05, 3.63) is 52.1 Å². The number of imidazole rings is 1. The smallest absolute Gasteiger partial charge is 0.271 e. The first-order chi connectivity index (χ1) is 12.5. The lowest BCUT2D eigenvalue weighted by Gasteiger charge is -2.35. The zero-order valence-corrected chi connectivity index (χ0v) is 14.8. The highest BCUT2D eigenvalue weighted by molar-refractivity contribution is 5.93. The first kappa shape index (κ1) is 18.0. The highest BCUT2D eigenvalue weighted by Gasteiger charge is 2.28. The summed E-state index contributed by atoms with van der Waals surface area (Å²) in [4.78, 5) is 29.5. The highest BCUT2D eigenvalue weighted by atomic mass is 16.6. The average molecular weight is 358 g/mol. The number of nitro benzene ring substituents is 1. The van der Waals surface area contributed by atoms with E-state index in [9.17, 15) is 14.9 Å². The van der Waals surface area contributed by atoms with Gasteiger partial charge in [-0.15, -0.1) is 0 Å². The van der Waals surface area contributed by atoms with E-state index < -0.39 is 4.92 Å². The second-order valence-corrected chi connectivity index (χ2v) is 6.39. The minimum Gasteiger partial charge on any atom is -0.337 e. The number of rotatable bonds is 5. The summed E-state index contributed by atoms with van der Waals surface area (Å²) in [6.07, 6.45) is 3.63. The van der Waals surface area contributed by atoms with Crippen LogP contribution < -0.4 is 10.6 Å². The van der Waals surface area contributed by atoms with Crippen molar-refractivity contribution in [3.8, 4) is 0 Å². The molecule has 0 radical (unpaired) electrons. The van der Waals surface area contributed by atoms with Crippen LogP contribution in [0.25, 0.3) is 0 Å². The summed E-state index contributed by atoms with van der Waals surface area (Å²) in [5, 5.41) is 17.1. The monoisotopic (exact) mass is 358 g/mol. The van der Waals surface area contributed by atoms with Crippen molar-refractivity contribution in [2.75, 3.05) is 31.5 Å². The lowest BCUT2D eigenvalue weighted by atomic mass is 10.1. The quantitative estimate of drug-likeness (QED) is 0.615. The fourth-order valence-electron chi connectivity index (χ4n) is 3.12. The van der Waals surface area contributed by atoms with E-state index in [1.807, 2.05) is 17.8 Å². The number of aromatic nitrogens is 2. The van der Waals surface area contributed by atoms with Gasteiger partial charge in [-0.3, -0.25) is 19.8 Å². The van der Waals surface area contributed by atoms with Gasteiger partial charge in [-0.2, -0.15) is 0 Å². The van der Waals surface area contributed by atoms with Gasteiger partial charge in [0, 0.05) is 51.2 Å². The van der Waals surface area contributed by atoms with E-state index in [1.54, 1.807) is 19.2 Å². The van der Waals surface area contributed by atoms with E-state index in [-0.39, 0.29) is 24.2 Å². The summed E-state index contributed by atoms with van der Waals surface area (Å²) in [5.74, 6) is 0.700. The first-order valence-electron chi connectivity index (χ1n) is 8.42. The highest BCUT2D eigenvalue weighted by Crippen LogP contribution is 2.23. The van der Waals surface area contributed by atoms with Crippen molar-refractivity contribution in [2.24, 2.45) is 7.05 Å². The van der Waals surface area contributed by atoms with E-state index in [4.69, 9.17) is 0 Å². The normalized spacial score (nSPS) is 17.8. The van der Waals surface area contributed by atoms with E-state index in [0.717, 1.165) is 24.5 Å². The molecule has 1 aliphatic heterocycles. The van der Waals surface area contributed by atoms with Gasteiger partial charge in [0.05, 0.1) is 23.2 Å². The number of hydrogen-bond donors (Lipinski definition) is 2. The van der Waals surface area contributed by atoms with E-state index in [0.29, 0.717) is 12.2 Å². The molecule has 9 nitrogen and oxygen atoms in total. The Morgan fingerprint density at radius 1 is 1.50 bits per heavy atom. The number of nitro groups is 1. The Morgan fingerprint density at radius 3 is 3.00 bits per heavy atom. The Balaban J connectivity index is 1.71. The van der Waals surface area contributed by atoms with Gasteiger partial charge in [-0.05, 0) is 12.5 Å². The van der Waals surface area contributed by atoms with E-state index in [1.165, 1.54) is 12.1 Å². The van der Waals surface area contributed by atoms with Crippen molar-refractivity contribution in [3.63, 3.8) is 0 Å². The lowest BCUT2D eigenvalue weighted by molar-refractivity contribution is -0.384. The molecule has 0 saturated carbocycles. The van der Waals surface area contributed by atoms with Crippen LogP contribution in [0.3, 0.4) is 0 Å². The Bertz CT molecular complexity index is 819. The van der Waals surface area contributed by atoms with Gasteiger partial charge in [-0.25, -0.2) is 4.98 Å². The molecule has 1 atom stereocenters. The number of amides is 1. The molecular weight excluding hydrogens is 336 g/mol. The Morgan fingerprint density at radius 2 is 2.31 bits per heavy atom. The third-order valence-electron chi connectivity index (χ3n) is 4.56. The fraction of sp³-hybridized carbons (Fsp3) is 0.412. The molecule has 138 valence electrons. The van der Waals surface area contributed by atoms with Gasteiger partial charge in [0.15, 0.2) is 0 Å². The van der Waals surface area contributed by atoms with Crippen LogP contribution in [0, 0.1) is 17.0 Å². The van der Waals surface area contributed by atoms with Crippen molar-refractivity contribution in [1.29, 1.82) is 0 Å². The summed E-state index contributed by atoms with van der Waals surface area (Å²) in [7, 11) is 1.93. The maximum absolute atomic E-state index is 12.5. The maximum atomic E-state index is 12.5. The molecule has 0 bridgehead atoms. The third kappa shape index (κ3) is 3.89. The van der Waals surface area contributed by atoms with Crippen LogP contribution in [0.1, 0.15) is 17.4 Å². The minimum absolute atomic E-state index is 0.000654. The van der Waals surface area contributed by atoms with Gasteiger partial charge >= 0.3 is 0 Å². The molecule has 26 heavy (non-hydrogen) atoms. The molecule has 1 amide bonds. The first-order valence-corrected chi connectivity index (χ1v) is 8.42. The van der Waals surface area contributed by atoms with Crippen molar-refractivity contribution in [2.45, 2.75) is 13.0 Å². The fourth-order valence-corrected chi connectivity index (χ4v) is 3.12. The molecule has 1 unspecified atom stereocenters. The zero-order valence-electron chi connectivity index (χ0n) is 14.8. The number of non-ortho nitro benzene ring substituents is 1. The molecule has 1 fully saturated rings. The molecule has 1 aliphatic rings. The molecule has 0 aliphatic carbocycles. The number of nitrogens with one attached hydrogen (secondary N) is 2. The van der Waals surface area contributed by atoms with Crippen molar-refractivity contribution >= 4 is 17.3 Å². The summed E-state index contributed by atoms with van der Waals surface area (Å²) >= 11 is 0. The van der Waals surface area contributed by atoms with Gasteiger partial charge in [0.25, 0.3) is 5.69 Å². The van der Waals surface area contributed by atoms with Crippen LogP contribution in [0.2, 0.25) is 0 Å². The largest absolute Gasteiger partial charge is 0.337 e. The Kier molecular flexibility index (Phi) is 5.29. The molecular formula is C17H22N6O3. The number of hydrogen-bond acceptors (Lipinski definition) is 6. The molecule has 1 aromatic heterocycles. The van der Waals surface area contributed by atoms with Gasteiger partial charge < -0.3 is 15.2 Å². The molecule has 2 heterocycles. The number of carbonyl (C=O) groups is 1. The van der Waals surface area contributed by atoms with Crippen LogP contribution in [-0.4, -0.2) is 51.5 Å². The van der Waals surface area contributed by atoms with Crippen LogP contribution in [0.4, 0.5) is 11.4 Å². The predicted molar refractivity (Wildman–Crippen MR) is 96.9 cm³/mol.